The molecule has 2 aromatic heterocycles. The van der Waals surface area contributed by atoms with Gasteiger partial charge in [0.1, 0.15) is 0 Å². The first-order chi connectivity index (χ1) is 14.2. The second-order valence-corrected chi connectivity index (χ2v) is 8.07. The number of anilines is 1. The Balaban J connectivity index is 1.64. The number of hydrogen-bond donors (Lipinski definition) is 2. The number of carbonyl (C=O) groups is 1. The number of hydrogen-bond acceptors (Lipinski definition) is 7. The topological polar surface area (TPSA) is 123 Å². The third kappa shape index (κ3) is 4.70. The summed E-state index contributed by atoms with van der Waals surface area (Å²) in [5.41, 5.74) is 3.90. The first-order valence-corrected chi connectivity index (χ1v) is 10.3. The van der Waals surface area contributed by atoms with E-state index in [1.807, 2.05) is 32.9 Å². The zero-order valence-corrected chi connectivity index (χ0v) is 18.3. The summed E-state index contributed by atoms with van der Waals surface area (Å²) in [5.74, 6) is 0.156. The van der Waals surface area contributed by atoms with Crippen molar-refractivity contribution in [3.05, 3.63) is 66.8 Å². The Hall–Kier alpha value is -3.14. The standard InChI is InChI=1S/C20H23N5O4S/c1-10-6-11(2)17(12(3)7-10)22-15(26)9-30-20-24-23-16(29-20)8-14-13(4)21-19(28)25(5)18(14)27/h6-7H,8-9H2,1-5H3,(H,21,28)(H,22,26). The molecule has 0 aliphatic rings. The maximum absolute atomic E-state index is 12.3. The molecule has 0 aliphatic heterocycles. The Labute approximate surface area is 176 Å². The van der Waals surface area contributed by atoms with Gasteiger partial charge in [0.2, 0.25) is 11.8 Å². The highest BCUT2D eigenvalue weighted by molar-refractivity contribution is 7.99. The molecule has 1 aromatic carbocycles. The Kier molecular flexibility index (Phi) is 6.25. The van der Waals surface area contributed by atoms with Gasteiger partial charge >= 0.3 is 5.69 Å². The highest BCUT2D eigenvalue weighted by Crippen LogP contribution is 2.23. The van der Waals surface area contributed by atoms with Crippen molar-refractivity contribution in [2.24, 2.45) is 7.05 Å². The minimum absolute atomic E-state index is 0.0940. The van der Waals surface area contributed by atoms with Crippen LogP contribution >= 0.6 is 11.8 Å². The largest absolute Gasteiger partial charge is 0.416 e. The van der Waals surface area contributed by atoms with Gasteiger partial charge in [-0.25, -0.2) is 4.79 Å². The van der Waals surface area contributed by atoms with E-state index >= 15 is 0 Å². The molecule has 3 rings (SSSR count). The van der Waals surface area contributed by atoms with Gasteiger partial charge in [-0.05, 0) is 38.8 Å². The van der Waals surface area contributed by atoms with Crippen LogP contribution in [0.25, 0.3) is 0 Å². The van der Waals surface area contributed by atoms with Crippen LogP contribution in [0.1, 0.15) is 33.8 Å². The van der Waals surface area contributed by atoms with Crippen molar-refractivity contribution in [3.8, 4) is 0 Å². The number of carbonyl (C=O) groups excluding carboxylic acids is 1. The van der Waals surface area contributed by atoms with E-state index in [1.165, 1.54) is 7.05 Å². The van der Waals surface area contributed by atoms with Gasteiger partial charge in [-0.15, -0.1) is 10.2 Å². The number of amides is 1. The number of benzene rings is 1. The Bertz CT molecular complexity index is 1200. The molecule has 9 nitrogen and oxygen atoms in total. The molecule has 0 bridgehead atoms. The third-order valence-corrected chi connectivity index (χ3v) is 5.48. The molecular weight excluding hydrogens is 406 g/mol. The predicted octanol–water partition coefficient (Wildman–Crippen LogP) is 2.01. The van der Waals surface area contributed by atoms with E-state index < -0.39 is 11.2 Å². The monoisotopic (exact) mass is 429 g/mol. The number of nitrogens with zero attached hydrogens (tertiary/aromatic N) is 3. The summed E-state index contributed by atoms with van der Waals surface area (Å²) in [6.45, 7) is 7.56. The molecule has 0 radical (unpaired) electrons. The lowest BCUT2D eigenvalue weighted by molar-refractivity contribution is -0.113. The minimum Gasteiger partial charge on any atom is -0.416 e. The van der Waals surface area contributed by atoms with E-state index in [-0.39, 0.29) is 29.2 Å². The molecule has 158 valence electrons. The molecule has 0 atom stereocenters. The zero-order chi connectivity index (χ0) is 22.0. The van der Waals surface area contributed by atoms with Gasteiger partial charge < -0.3 is 14.7 Å². The van der Waals surface area contributed by atoms with E-state index in [9.17, 15) is 14.4 Å². The number of aromatic amines is 1. The van der Waals surface area contributed by atoms with Gasteiger partial charge in [-0.1, -0.05) is 29.5 Å². The van der Waals surface area contributed by atoms with Crippen molar-refractivity contribution in [2.45, 2.75) is 39.3 Å². The minimum atomic E-state index is -0.479. The van der Waals surface area contributed by atoms with Crippen LogP contribution in [0.4, 0.5) is 5.69 Å². The highest BCUT2D eigenvalue weighted by Gasteiger charge is 2.16. The van der Waals surface area contributed by atoms with Gasteiger partial charge in [0.25, 0.3) is 10.8 Å². The van der Waals surface area contributed by atoms with Crippen LogP contribution in [0.5, 0.6) is 0 Å². The SMILES string of the molecule is Cc1cc(C)c(NC(=O)CSc2nnc(Cc3c(C)[nH]c(=O)n(C)c3=O)o2)c(C)c1. The molecule has 0 spiro atoms. The van der Waals surface area contributed by atoms with Crippen molar-refractivity contribution in [2.75, 3.05) is 11.1 Å². The number of rotatable bonds is 6. The molecule has 3 aromatic rings. The third-order valence-electron chi connectivity index (χ3n) is 4.66. The van der Waals surface area contributed by atoms with Crippen LogP contribution in [0.3, 0.4) is 0 Å². The highest BCUT2D eigenvalue weighted by atomic mass is 32.2. The van der Waals surface area contributed by atoms with Crippen molar-refractivity contribution in [1.29, 1.82) is 0 Å². The number of thioether (sulfide) groups is 1. The van der Waals surface area contributed by atoms with E-state index in [0.29, 0.717) is 11.3 Å². The predicted molar refractivity (Wildman–Crippen MR) is 114 cm³/mol. The number of H-pyrrole nitrogens is 1. The van der Waals surface area contributed by atoms with Crippen molar-refractivity contribution >= 4 is 23.4 Å². The van der Waals surface area contributed by atoms with Crippen molar-refractivity contribution in [3.63, 3.8) is 0 Å². The maximum Gasteiger partial charge on any atom is 0.328 e. The molecule has 10 heteroatoms. The quantitative estimate of drug-likeness (QED) is 0.575. The smallest absolute Gasteiger partial charge is 0.328 e. The molecular formula is C20H23N5O4S. The van der Waals surface area contributed by atoms with E-state index in [2.05, 4.69) is 20.5 Å². The average Bonchev–Trinajstić information content (AvgIpc) is 3.12. The molecule has 1 amide bonds. The fourth-order valence-electron chi connectivity index (χ4n) is 3.18. The van der Waals surface area contributed by atoms with Crippen LogP contribution in [0.2, 0.25) is 0 Å². The van der Waals surface area contributed by atoms with E-state index in [4.69, 9.17) is 4.42 Å². The number of nitrogens with one attached hydrogen (secondary N) is 2. The van der Waals surface area contributed by atoms with Crippen LogP contribution in [-0.2, 0) is 18.3 Å². The lowest BCUT2D eigenvalue weighted by Gasteiger charge is -2.12. The average molecular weight is 430 g/mol. The first-order valence-electron chi connectivity index (χ1n) is 9.27. The first kappa shape index (κ1) is 21.6. The van der Waals surface area contributed by atoms with Crippen LogP contribution in [0.15, 0.2) is 31.4 Å². The normalized spacial score (nSPS) is 11.0. The number of aromatic nitrogens is 4. The van der Waals surface area contributed by atoms with Gasteiger partial charge in [0, 0.05) is 24.0 Å². The van der Waals surface area contributed by atoms with Crippen LogP contribution < -0.4 is 16.6 Å². The van der Waals surface area contributed by atoms with Gasteiger partial charge in [-0.2, -0.15) is 0 Å². The molecule has 0 aliphatic carbocycles. The van der Waals surface area contributed by atoms with Gasteiger partial charge in [0.05, 0.1) is 12.2 Å². The Morgan fingerprint density at radius 1 is 1.17 bits per heavy atom. The Morgan fingerprint density at radius 2 is 1.83 bits per heavy atom. The fourth-order valence-corrected chi connectivity index (χ4v) is 3.76. The molecule has 0 saturated heterocycles. The molecule has 0 fully saturated rings. The molecule has 0 unspecified atom stereocenters. The lowest BCUT2D eigenvalue weighted by atomic mass is 10.1. The maximum atomic E-state index is 12.3. The summed E-state index contributed by atoms with van der Waals surface area (Å²) in [6, 6.07) is 4.03. The fraction of sp³-hybridized carbons (Fsp3) is 0.350. The van der Waals surface area contributed by atoms with E-state index in [1.54, 1.807) is 6.92 Å². The molecule has 2 heterocycles. The summed E-state index contributed by atoms with van der Waals surface area (Å²) in [4.78, 5) is 38.8. The van der Waals surface area contributed by atoms with Gasteiger partial charge in [-0.3, -0.25) is 14.2 Å². The van der Waals surface area contributed by atoms with Crippen LogP contribution in [0, 0.1) is 27.7 Å². The molecule has 2 N–H and O–H groups in total. The lowest BCUT2D eigenvalue weighted by Crippen LogP contribution is -2.36. The second kappa shape index (κ2) is 8.70. The second-order valence-electron chi connectivity index (χ2n) is 7.15. The van der Waals surface area contributed by atoms with Crippen molar-refractivity contribution in [1.82, 2.24) is 19.7 Å². The zero-order valence-electron chi connectivity index (χ0n) is 17.5. The molecule has 0 saturated carbocycles. The van der Waals surface area contributed by atoms with Gasteiger partial charge in [0.15, 0.2) is 0 Å². The summed E-state index contributed by atoms with van der Waals surface area (Å²) >= 11 is 1.11. The Morgan fingerprint density at radius 3 is 2.50 bits per heavy atom. The number of aryl methyl sites for hydroxylation is 4. The van der Waals surface area contributed by atoms with Crippen LogP contribution in [-0.4, -0.2) is 31.4 Å². The molecule has 30 heavy (non-hydrogen) atoms. The summed E-state index contributed by atoms with van der Waals surface area (Å²) in [5, 5.41) is 11.0. The summed E-state index contributed by atoms with van der Waals surface area (Å²) in [7, 11) is 1.40. The van der Waals surface area contributed by atoms with Crippen molar-refractivity contribution < 1.29 is 9.21 Å². The van der Waals surface area contributed by atoms with E-state index in [0.717, 1.165) is 38.7 Å². The summed E-state index contributed by atoms with van der Waals surface area (Å²) < 4.78 is 6.55. The summed E-state index contributed by atoms with van der Waals surface area (Å²) in [6.07, 6.45) is 0.0940.